The van der Waals surface area contributed by atoms with Crippen molar-refractivity contribution in [2.45, 2.75) is 33.3 Å². The summed E-state index contributed by atoms with van der Waals surface area (Å²) in [5.41, 5.74) is 1.73. The maximum Gasteiger partial charge on any atom is 0.331 e. The second-order valence-corrected chi connectivity index (χ2v) is 6.58. The molecular weight excluding hydrogens is 396 g/mol. The number of hydrogen-bond acceptors (Lipinski definition) is 6. The number of anilines is 1. The zero-order valence-corrected chi connectivity index (χ0v) is 17.9. The van der Waals surface area contributed by atoms with Gasteiger partial charge in [0.1, 0.15) is 0 Å². The molecule has 0 fully saturated rings. The summed E-state index contributed by atoms with van der Waals surface area (Å²) in [5.74, 6) is 0.132. The van der Waals surface area contributed by atoms with Crippen LogP contribution < -0.4 is 14.8 Å². The lowest BCUT2D eigenvalue weighted by atomic mass is 10.2. The summed E-state index contributed by atoms with van der Waals surface area (Å²) in [5, 5.41) is 11.4. The van der Waals surface area contributed by atoms with E-state index in [1.54, 1.807) is 48.5 Å². The van der Waals surface area contributed by atoms with Gasteiger partial charge in [-0.1, -0.05) is 13.0 Å². The minimum Gasteiger partial charge on any atom is -0.490 e. The smallest absolute Gasteiger partial charge is 0.331 e. The molecule has 0 aromatic heterocycles. The molecule has 7 heteroatoms. The van der Waals surface area contributed by atoms with Gasteiger partial charge in [-0.15, -0.1) is 0 Å². The van der Waals surface area contributed by atoms with E-state index in [4.69, 9.17) is 19.5 Å². The van der Waals surface area contributed by atoms with Crippen LogP contribution in [-0.4, -0.2) is 31.2 Å². The SMILES string of the molecule is CCCOc1ccc(/C=C/C(=O)OC(C)C(=O)Nc2ccc(C#N)cc2)cc1OCC. The van der Waals surface area contributed by atoms with Gasteiger partial charge in [0.05, 0.1) is 24.8 Å². The van der Waals surface area contributed by atoms with Crippen molar-refractivity contribution in [3.05, 3.63) is 59.7 Å². The van der Waals surface area contributed by atoms with Gasteiger partial charge in [-0.3, -0.25) is 4.79 Å². The van der Waals surface area contributed by atoms with E-state index in [1.807, 2.05) is 19.9 Å². The van der Waals surface area contributed by atoms with Crippen LogP contribution in [0.25, 0.3) is 6.08 Å². The maximum absolute atomic E-state index is 12.2. The average Bonchev–Trinajstić information content (AvgIpc) is 2.77. The number of amides is 1. The Morgan fingerprint density at radius 2 is 1.84 bits per heavy atom. The van der Waals surface area contributed by atoms with E-state index in [0.717, 1.165) is 12.0 Å². The number of rotatable bonds is 10. The predicted octanol–water partition coefficient (Wildman–Crippen LogP) is 4.33. The molecule has 1 N–H and O–H groups in total. The van der Waals surface area contributed by atoms with Crippen LogP contribution >= 0.6 is 0 Å². The highest BCUT2D eigenvalue weighted by Crippen LogP contribution is 2.29. The fourth-order valence-electron chi connectivity index (χ4n) is 2.53. The third kappa shape index (κ3) is 7.52. The number of nitriles is 1. The van der Waals surface area contributed by atoms with Crippen molar-refractivity contribution in [3.63, 3.8) is 0 Å². The molecule has 0 saturated carbocycles. The molecule has 2 rings (SSSR count). The van der Waals surface area contributed by atoms with Gasteiger partial charge in [-0.2, -0.15) is 5.26 Å². The van der Waals surface area contributed by atoms with Crippen LogP contribution in [0, 0.1) is 11.3 Å². The van der Waals surface area contributed by atoms with Gasteiger partial charge in [-0.05, 0) is 68.3 Å². The van der Waals surface area contributed by atoms with Gasteiger partial charge < -0.3 is 19.5 Å². The number of esters is 1. The van der Waals surface area contributed by atoms with Gasteiger partial charge in [0.25, 0.3) is 5.91 Å². The Bertz CT molecular complexity index is 961. The third-order valence-corrected chi connectivity index (χ3v) is 4.08. The van der Waals surface area contributed by atoms with Crippen LogP contribution in [0.4, 0.5) is 5.69 Å². The molecule has 0 radical (unpaired) electrons. The molecule has 2 aromatic carbocycles. The van der Waals surface area contributed by atoms with E-state index in [9.17, 15) is 9.59 Å². The van der Waals surface area contributed by atoms with Crippen LogP contribution in [0.15, 0.2) is 48.5 Å². The van der Waals surface area contributed by atoms with Crippen LogP contribution in [0.2, 0.25) is 0 Å². The van der Waals surface area contributed by atoms with Crippen molar-refractivity contribution in [1.82, 2.24) is 0 Å². The normalized spacial score (nSPS) is 11.4. The highest BCUT2D eigenvalue weighted by molar-refractivity contribution is 5.96. The Labute approximate surface area is 182 Å². The number of hydrogen-bond donors (Lipinski definition) is 1. The molecule has 2 aromatic rings. The molecular formula is C24H26N2O5. The fourth-order valence-corrected chi connectivity index (χ4v) is 2.53. The van der Waals surface area contributed by atoms with Crippen molar-refractivity contribution < 1.29 is 23.8 Å². The summed E-state index contributed by atoms with van der Waals surface area (Å²) < 4.78 is 16.4. The summed E-state index contributed by atoms with van der Waals surface area (Å²) in [6.45, 7) is 6.47. The summed E-state index contributed by atoms with van der Waals surface area (Å²) in [4.78, 5) is 24.3. The van der Waals surface area contributed by atoms with Crippen molar-refractivity contribution in [2.75, 3.05) is 18.5 Å². The van der Waals surface area contributed by atoms with Gasteiger partial charge in [0.2, 0.25) is 0 Å². The molecule has 1 amide bonds. The van der Waals surface area contributed by atoms with Crippen LogP contribution in [0.1, 0.15) is 38.3 Å². The summed E-state index contributed by atoms with van der Waals surface area (Å²) in [7, 11) is 0. The van der Waals surface area contributed by atoms with Crippen LogP contribution in [0.3, 0.4) is 0 Å². The Morgan fingerprint density at radius 3 is 2.48 bits per heavy atom. The summed E-state index contributed by atoms with van der Waals surface area (Å²) in [6.07, 6.45) is 2.73. The maximum atomic E-state index is 12.2. The van der Waals surface area contributed by atoms with Gasteiger partial charge in [0, 0.05) is 11.8 Å². The molecule has 7 nitrogen and oxygen atoms in total. The van der Waals surface area contributed by atoms with E-state index in [2.05, 4.69) is 5.32 Å². The minimum absolute atomic E-state index is 0.470. The Hall–Kier alpha value is -3.79. The number of nitrogens with one attached hydrogen (secondary N) is 1. The molecule has 0 aliphatic carbocycles. The van der Waals surface area contributed by atoms with Crippen LogP contribution in [-0.2, 0) is 14.3 Å². The van der Waals surface area contributed by atoms with Gasteiger partial charge >= 0.3 is 5.97 Å². The van der Waals surface area contributed by atoms with E-state index >= 15 is 0 Å². The lowest BCUT2D eigenvalue weighted by molar-refractivity contribution is -0.148. The fraction of sp³-hybridized carbons (Fsp3) is 0.292. The first kappa shape index (κ1) is 23.5. The summed E-state index contributed by atoms with van der Waals surface area (Å²) in [6, 6.07) is 13.8. The van der Waals surface area contributed by atoms with Crippen molar-refractivity contribution in [2.24, 2.45) is 0 Å². The molecule has 0 aliphatic heterocycles. The monoisotopic (exact) mass is 422 g/mol. The van der Waals surface area contributed by atoms with Gasteiger partial charge in [0.15, 0.2) is 17.6 Å². The van der Waals surface area contributed by atoms with Crippen LogP contribution in [0.5, 0.6) is 11.5 Å². The van der Waals surface area contributed by atoms with E-state index in [1.165, 1.54) is 13.0 Å². The largest absolute Gasteiger partial charge is 0.490 e. The zero-order valence-electron chi connectivity index (χ0n) is 17.9. The van der Waals surface area contributed by atoms with E-state index in [-0.39, 0.29) is 0 Å². The van der Waals surface area contributed by atoms with Crippen molar-refractivity contribution in [3.8, 4) is 17.6 Å². The number of ether oxygens (including phenoxy) is 3. The molecule has 1 atom stereocenters. The molecule has 0 spiro atoms. The summed E-state index contributed by atoms with van der Waals surface area (Å²) >= 11 is 0. The molecule has 31 heavy (non-hydrogen) atoms. The first-order valence-electron chi connectivity index (χ1n) is 10.1. The quantitative estimate of drug-likeness (QED) is 0.452. The number of carbonyl (C=O) groups is 2. The third-order valence-electron chi connectivity index (χ3n) is 4.08. The highest BCUT2D eigenvalue weighted by Gasteiger charge is 2.16. The van der Waals surface area contributed by atoms with Crippen molar-refractivity contribution >= 4 is 23.6 Å². The van der Waals surface area contributed by atoms with Crippen molar-refractivity contribution in [1.29, 1.82) is 5.26 Å². The van der Waals surface area contributed by atoms with E-state index in [0.29, 0.717) is 36.0 Å². The Balaban J connectivity index is 1.94. The Kier molecular flexibility index (Phi) is 9.12. The van der Waals surface area contributed by atoms with Gasteiger partial charge in [-0.25, -0.2) is 4.79 Å². The number of nitrogens with zero attached hydrogens (tertiary/aromatic N) is 1. The molecule has 162 valence electrons. The predicted molar refractivity (Wildman–Crippen MR) is 118 cm³/mol. The zero-order chi connectivity index (χ0) is 22.6. The molecule has 0 bridgehead atoms. The number of carbonyl (C=O) groups excluding carboxylic acids is 2. The first-order chi connectivity index (χ1) is 15.0. The average molecular weight is 422 g/mol. The topological polar surface area (TPSA) is 97.6 Å². The minimum atomic E-state index is -0.989. The van der Waals surface area contributed by atoms with E-state index < -0.39 is 18.0 Å². The Morgan fingerprint density at radius 1 is 1.10 bits per heavy atom. The standard InChI is InChI=1S/C24H26N2O5/c1-4-14-30-21-12-8-18(15-22(21)29-5-2)9-13-23(27)31-17(3)24(28)26-20-10-6-19(16-25)7-11-20/h6-13,15,17H,4-5,14H2,1-3H3,(H,26,28)/b13-9+. The lowest BCUT2D eigenvalue weighted by Crippen LogP contribution is -2.29. The number of benzene rings is 2. The molecule has 0 aliphatic rings. The lowest BCUT2D eigenvalue weighted by Gasteiger charge is -2.13. The second-order valence-electron chi connectivity index (χ2n) is 6.58. The second kappa shape index (κ2) is 12.0. The molecule has 1 unspecified atom stereocenters. The molecule has 0 saturated heterocycles. The first-order valence-corrected chi connectivity index (χ1v) is 10.1. The highest BCUT2D eigenvalue weighted by atomic mass is 16.5. The molecule has 0 heterocycles.